The Bertz CT molecular complexity index is 407. The quantitative estimate of drug-likeness (QED) is 0.812. The third kappa shape index (κ3) is 2.59. The third-order valence-corrected chi connectivity index (χ3v) is 1.99. The molecular formula is C10H12O5. The molecule has 0 aliphatic rings. The van der Waals surface area contributed by atoms with Gasteiger partial charge < -0.3 is 14.3 Å². The Labute approximate surface area is 86.3 Å². The van der Waals surface area contributed by atoms with E-state index < -0.39 is 11.9 Å². The van der Waals surface area contributed by atoms with E-state index in [4.69, 9.17) is 14.3 Å². The molecule has 0 aliphatic carbocycles. The van der Waals surface area contributed by atoms with E-state index in [-0.39, 0.29) is 23.4 Å². The van der Waals surface area contributed by atoms with Gasteiger partial charge in [-0.15, -0.1) is 0 Å². The molecule has 0 amide bonds. The minimum atomic E-state index is -0.948. The molecule has 0 spiro atoms. The van der Waals surface area contributed by atoms with Crippen molar-refractivity contribution in [1.82, 2.24) is 0 Å². The van der Waals surface area contributed by atoms with Crippen molar-refractivity contribution in [3.8, 4) is 5.75 Å². The van der Waals surface area contributed by atoms with Gasteiger partial charge in [0.25, 0.3) is 0 Å². The fourth-order valence-electron chi connectivity index (χ4n) is 1.32. The summed E-state index contributed by atoms with van der Waals surface area (Å²) in [5.41, 5.74) is -0.309. The molecule has 15 heavy (non-hydrogen) atoms. The lowest BCUT2D eigenvalue weighted by Gasteiger charge is -2.10. The van der Waals surface area contributed by atoms with Gasteiger partial charge in [-0.1, -0.05) is 6.92 Å². The zero-order valence-electron chi connectivity index (χ0n) is 8.52. The van der Waals surface area contributed by atoms with Gasteiger partial charge in [-0.25, -0.2) is 0 Å². The van der Waals surface area contributed by atoms with Crippen molar-refractivity contribution in [2.75, 3.05) is 7.11 Å². The van der Waals surface area contributed by atoms with E-state index in [9.17, 15) is 9.59 Å². The fourth-order valence-corrected chi connectivity index (χ4v) is 1.32. The first-order valence-corrected chi connectivity index (χ1v) is 4.43. The second kappa shape index (κ2) is 4.63. The molecule has 1 aromatic rings. The summed E-state index contributed by atoms with van der Waals surface area (Å²) in [5.74, 6) is -0.999. The molecule has 5 heteroatoms. The van der Waals surface area contributed by atoms with Crippen LogP contribution in [-0.4, -0.2) is 18.2 Å². The minimum Gasteiger partial charge on any atom is -0.490 e. The van der Waals surface area contributed by atoms with Crippen molar-refractivity contribution in [1.29, 1.82) is 0 Å². The molecule has 0 bridgehead atoms. The van der Waals surface area contributed by atoms with Gasteiger partial charge in [-0.2, -0.15) is 0 Å². The van der Waals surface area contributed by atoms with Gasteiger partial charge in [-0.05, 0) is 0 Å². The molecule has 0 aromatic carbocycles. The van der Waals surface area contributed by atoms with Crippen LogP contribution in [0.25, 0.3) is 0 Å². The number of methoxy groups -OCH3 is 1. The molecule has 1 aromatic heterocycles. The summed E-state index contributed by atoms with van der Waals surface area (Å²) in [7, 11) is 1.35. The van der Waals surface area contributed by atoms with Crippen molar-refractivity contribution < 1.29 is 19.1 Å². The molecule has 1 rings (SSSR count). The molecule has 0 saturated heterocycles. The first kappa shape index (κ1) is 11.3. The first-order chi connectivity index (χ1) is 7.06. The van der Waals surface area contributed by atoms with E-state index in [1.807, 2.05) is 0 Å². The van der Waals surface area contributed by atoms with Crippen LogP contribution < -0.4 is 10.2 Å². The maximum Gasteiger partial charge on any atom is 0.304 e. The predicted molar refractivity (Wildman–Crippen MR) is 52.2 cm³/mol. The van der Waals surface area contributed by atoms with Crippen LogP contribution in [0.2, 0.25) is 0 Å². The Kier molecular flexibility index (Phi) is 3.49. The lowest BCUT2D eigenvalue weighted by molar-refractivity contribution is -0.137. The SMILES string of the molecule is COc1c(C(C)CC(=O)O)occc1=O. The second-order valence-corrected chi connectivity index (χ2v) is 3.18. The number of ether oxygens (including phenoxy) is 1. The van der Waals surface area contributed by atoms with Crippen LogP contribution >= 0.6 is 0 Å². The van der Waals surface area contributed by atoms with Gasteiger partial charge in [-0.3, -0.25) is 9.59 Å². The maximum absolute atomic E-state index is 11.3. The van der Waals surface area contributed by atoms with Crippen LogP contribution in [0.5, 0.6) is 5.75 Å². The summed E-state index contributed by atoms with van der Waals surface area (Å²) in [5, 5.41) is 8.62. The van der Waals surface area contributed by atoms with Crippen LogP contribution in [-0.2, 0) is 4.79 Å². The van der Waals surface area contributed by atoms with Crippen LogP contribution in [0, 0.1) is 0 Å². The highest BCUT2D eigenvalue weighted by Crippen LogP contribution is 2.25. The largest absolute Gasteiger partial charge is 0.490 e. The Balaban J connectivity index is 3.08. The smallest absolute Gasteiger partial charge is 0.304 e. The summed E-state index contributed by atoms with van der Waals surface area (Å²) < 4.78 is 9.98. The average Bonchev–Trinajstić information content (AvgIpc) is 2.16. The molecule has 5 nitrogen and oxygen atoms in total. The summed E-state index contributed by atoms with van der Waals surface area (Å²) in [4.78, 5) is 21.8. The molecule has 1 atom stereocenters. The number of aliphatic carboxylic acids is 1. The number of hydrogen-bond donors (Lipinski definition) is 1. The topological polar surface area (TPSA) is 76.7 Å². The Hall–Kier alpha value is -1.78. The van der Waals surface area contributed by atoms with Crippen molar-refractivity contribution >= 4 is 5.97 Å². The zero-order chi connectivity index (χ0) is 11.4. The molecule has 1 heterocycles. The highest BCUT2D eigenvalue weighted by molar-refractivity contribution is 5.67. The van der Waals surface area contributed by atoms with Gasteiger partial charge in [0, 0.05) is 12.0 Å². The predicted octanol–water partition coefficient (Wildman–Crippen LogP) is 1.23. The van der Waals surface area contributed by atoms with E-state index in [1.54, 1.807) is 6.92 Å². The van der Waals surface area contributed by atoms with Crippen molar-refractivity contribution in [3.05, 3.63) is 28.3 Å². The summed E-state index contributed by atoms with van der Waals surface area (Å²) in [6, 6.07) is 1.23. The van der Waals surface area contributed by atoms with Crippen LogP contribution in [0.4, 0.5) is 0 Å². The second-order valence-electron chi connectivity index (χ2n) is 3.18. The number of hydrogen-bond acceptors (Lipinski definition) is 4. The number of carboxylic acid groups (broad SMARTS) is 1. The fraction of sp³-hybridized carbons (Fsp3) is 0.400. The molecule has 0 fully saturated rings. The molecule has 1 unspecified atom stereocenters. The Morgan fingerprint density at radius 2 is 2.33 bits per heavy atom. The highest BCUT2D eigenvalue weighted by atomic mass is 16.5. The lowest BCUT2D eigenvalue weighted by atomic mass is 10.0. The normalized spacial score (nSPS) is 12.1. The van der Waals surface area contributed by atoms with E-state index in [0.717, 1.165) is 0 Å². The molecule has 0 saturated carbocycles. The van der Waals surface area contributed by atoms with E-state index >= 15 is 0 Å². The number of carbonyl (C=O) groups is 1. The van der Waals surface area contributed by atoms with Crippen molar-refractivity contribution in [3.63, 3.8) is 0 Å². The van der Waals surface area contributed by atoms with Gasteiger partial charge in [0.15, 0.2) is 5.76 Å². The Morgan fingerprint density at radius 1 is 1.67 bits per heavy atom. The van der Waals surface area contributed by atoms with Gasteiger partial charge in [0.05, 0.1) is 19.8 Å². The van der Waals surface area contributed by atoms with Crippen LogP contribution in [0.3, 0.4) is 0 Å². The lowest BCUT2D eigenvalue weighted by Crippen LogP contribution is -2.10. The van der Waals surface area contributed by atoms with Crippen LogP contribution in [0.1, 0.15) is 25.0 Å². The number of carboxylic acids is 1. The van der Waals surface area contributed by atoms with Gasteiger partial charge in [0.2, 0.25) is 11.2 Å². The highest BCUT2D eigenvalue weighted by Gasteiger charge is 2.19. The first-order valence-electron chi connectivity index (χ1n) is 4.43. The molecule has 82 valence electrons. The van der Waals surface area contributed by atoms with Gasteiger partial charge >= 0.3 is 5.97 Å². The standard InChI is InChI=1S/C10H12O5/c1-6(5-8(12)13)9-10(14-2)7(11)3-4-15-9/h3-4,6H,5H2,1-2H3,(H,12,13). The summed E-state index contributed by atoms with van der Waals surface area (Å²) in [6.07, 6.45) is 1.13. The van der Waals surface area contributed by atoms with Crippen molar-refractivity contribution in [2.45, 2.75) is 19.3 Å². The zero-order valence-corrected chi connectivity index (χ0v) is 8.52. The molecule has 0 aliphatic heterocycles. The average molecular weight is 212 g/mol. The van der Waals surface area contributed by atoms with Gasteiger partial charge in [0.1, 0.15) is 0 Å². The van der Waals surface area contributed by atoms with E-state index in [1.165, 1.54) is 19.4 Å². The third-order valence-electron chi connectivity index (χ3n) is 1.99. The molecule has 0 radical (unpaired) electrons. The van der Waals surface area contributed by atoms with E-state index in [2.05, 4.69) is 0 Å². The Morgan fingerprint density at radius 3 is 2.87 bits per heavy atom. The molecular weight excluding hydrogens is 200 g/mol. The summed E-state index contributed by atoms with van der Waals surface area (Å²) >= 11 is 0. The van der Waals surface area contributed by atoms with Crippen LogP contribution in [0.15, 0.2) is 21.5 Å². The molecule has 1 N–H and O–H groups in total. The maximum atomic E-state index is 11.3. The monoisotopic (exact) mass is 212 g/mol. The van der Waals surface area contributed by atoms with Crippen molar-refractivity contribution in [2.24, 2.45) is 0 Å². The van der Waals surface area contributed by atoms with E-state index in [0.29, 0.717) is 0 Å². The number of rotatable bonds is 4. The minimum absolute atomic E-state index is 0.0752. The summed E-state index contributed by atoms with van der Waals surface area (Å²) in [6.45, 7) is 1.66.